The largest absolute Gasteiger partial charge is 0.497 e. The van der Waals surface area contributed by atoms with E-state index < -0.39 is 21.2 Å². The molecule has 3 N–H and O–H groups in total. The van der Waals surface area contributed by atoms with Gasteiger partial charge in [0.1, 0.15) is 5.75 Å². The Morgan fingerprint density at radius 1 is 1.37 bits per heavy atom. The molecule has 1 aromatic rings. The van der Waals surface area contributed by atoms with E-state index in [1.807, 2.05) is 0 Å². The number of sulfonamides is 1. The number of benzene rings is 1. The lowest BCUT2D eigenvalue weighted by Crippen LogP contribution is -2.33. The molecule has 1 unspecified atom stereocenters. The van der Waals surface area contributed by atoms with Crippen molar-refractivity contribution >= 4 is 27.4 Å². The highest BCUT2D eigenvalue weighted by Crippen LogP contribution is 2.25. The van der Waals surface area contributed by atoms with Crippen LogP contribution in [0.3, 0.4) is 0 Å². The molecule has 8 heteroatoms. The summed E-state index contributed by atoms with van der Waals surface area (Å²) >= 11 is 0. The van der Waals surface area contributed by atoms with Gasteiger partial charge < -0.3 is 15.2 Å². The minimum Gasteiger partial charge on any atom is -0.497 e. The van der Waals surface area contributed by atoms with Gasteiger partial charge in [-0.25, -0.2) is 8.42 Å². The Morgan fingerprint density at radius 3 is 2.47 bits per heavy atom. The second-order valence-corrected chi connectivity index (χ2v) is 5.77. The van der Waals surface area contributed by atoms with E-state index in [1.54, 1.807) is 6.07 Å². The summed E-state index contributed by atoms with van der Waals surface area (Å²) in [7, 11) is -1.32. The Kier molecular flexibility index (Phi) is 4.60. The van der Waals surface area contributed by atoms with Crippen LogP contribution in [-0.4, -0.2) is 33.9 Å². The molecule has 0 fully saturated rings. The van der Waals surface area contributed by atoms with Gasteiger partial charge in [0, 0.05) is 6.07 Å². The lowest BCUT2D eigenvalue weighted by Gasteiger charge is -2.14. The molecular formula is C11H16N2O5S. The first-order valence-corrected chi connectivity index (χ1v) is 6.89. The lowest BCUT2D eigenvalue weighted by atomic mass is 10.2. The van der Waals surface area contributed by atoms with E-state index in [-0.39, 0.29) is 11.4 Å². The topological polar surface area (TPSA) is 108 Å². The SMILES string of the molecule is COC(=O)C(C)S(=O)(=O)Nc1ccc(OC)cc1N. The first kappa shape index (κ1) is 15.1. The van der Waals surface area contributed by atoms with E-state index in [9.17, 15) is 13.2 Å². The second-order valence-electron chi connectivity index (χ2n) is 3.77. The Hall–Kier alpha value is -1.96. The van der Waals surface area contributed by atoms with E-state index in [1.165, 1.54) is 26.2 Å². The van der Waals surface area contributed by atoms with Crippen molar-refractivity contribution in [3.05, 3.63) is 18.2 Å². The summed E-state index contributed by atoms with van der Waals surface area (Å²) in [4.78, 5) is 11.2. The van der Waals surface area contributed by atoms with Crippen molar-refractivity contribution in [2.75, 3.05) is 24.7 Å². The summed E-state index contributed by atoms with van der Waals surface area (Å²) in [6.45, 7) is 1.23. The van der Waals surface area contributed by atoms with Gasteiger partial charge >= 0.3 is 5.97 Å². The number of anilines is 2. The summed E-state index contributed by atoms with van der Waals surface area (Å²) in [5.41, 5.74) is 6.06. The van der Waals surface area contributed by atoms with E-state index in [0.29, 0.717) is 5.75 Å². The van der Waals surface area contributed by atoms with Crippen LogP contribution in [-0.2, 0) is 19.6 Å². The van der Waals surface area contributed by atoms with Crippen molar-refractivity contribution in [1.82, 2.24) is 0 Å². The Morgan fingerprint density at radius 2 is 2.00 bits per heavy atom. The standard InChI is InChI=1S/C11H16N2O5S/c1-7(11(14)18-3)19(15,16)13-10-5-4-8(17-2)6-9(10)12/h4-7,13H,12H2,1-3H3. The van der Waals surface area contributed by atoms with Crippen LogP contribution in [0.5, 0.6) is 5.75 Å². The van der Waals surface area contributed by atoms with Crippen molar-refractivity contribution in [2.24, 2.45) is 0 Å². The first-order chi connectivity index (χ1) is 8.81. The molecular weight excluding hydrogens is 272 g/mol. The molecule has 0 heterocycles. The van der Waals surface area contributed by atoms with Crippen LogP contribution in [0.2, 0.25) is 0 Å². The van der Waals surface area contributed by atoms with Crippen LogP contribution in [0.1, 0.15) is 6.92 Å². The van der Waals surface area contributed by atoms with Crippen molar-refractivity contribution in [3.8, 4) is 5.75 Å². The smallest absolute Gasteiger partial charge is 0.325 e. The van der Waals surface area contributed by atoms with Gasteiger partial charge in [-0.15, -0.1) is 0 Å². The second kappa shape index (κ2) is 5.79. The molecule has 0 spiro atoms. The average molecular weight is 288 g/mol. The fourth-order valence-electron chi connectivity index (χ4n) is 1.30. The third-order valence-electron chi connectivity index (χ3n) is 2.51. The fourth-order valence-corrected chi connectivity index (χ4v) is 2.31. The van der Waals surface area contributed by atoms with Gasteiger partial charge in [0.25, 0.3) is 0 Å². The molecule has 0 radical (unpaired) electrons. The first-order valence-electron chi connectivity index (χ1n) is 5.34. The monoisotopic (exact) mass is 288 g/mol. The average Bonchev–Trinajstić information content (AvgIpc) is 2.39. The molecule has 0 saturated heterocycles. The minimum atomic E-state index is -3.91. The van der Waals surface area contributed by atoms with Gasteiger partial charge in [-0.05, 0) is 19.1 Å². The number of methoxy groups -OCH3 is 2. The molecule has 0 bridgehead atoms. The highest BCUT2D eigenvalue weighted by molar-refractivity contribution is 7.94. The number of nitrogen functional groups attached to an aromatic ring is 1. The molecule has 106 valence electrons. The predicted molar refractivity (Wildman–Crippen MR) is 71.4 cm³/mol. The maximum atomic E-state index is 11.9. The summed E-state index contributed by atoms with van der Waals surface area (Å²) in [5, 5.41) is -1.33. The predicted octanol–water partition coefficient (Wildman–Crippen LogP) is 0.581. The Balaban J connectivity index is 2.99. The number of nitrogens with two attached hydrogens (primary N) is 1. The van der Waals surface area contributed by atoms with Crippen molar-refractivity contribution in [2.45, 2.75) is 12.2 Å². The molecule has 0 aliphatic rings. The van der Waals surface area contributed by atoms with E-state index in [0.717, 1.165) is 7.11 Å². The molecule has 7 nitrogen and oxygen atoms in total. The van der Waals surface area contributed by atoms with Crippen LogP contribution >= 0.6 is 0 Å². The molecule has 0 saturated carbocycles. The van der Waals surface area contributed by atoms with E-state index in [2.05, 4.69) is 9.46 Å². The van der Waals surface area contributed by atoms with Gasteiger partial charge in [0.05, 0.1) is 25.6 Å². The van der Waals surface area contributed by atoms with Crippen molar-refractivity contribution in [3.63, 3.8) is 0 Å². The molecule has 0 aliphatic heterocycles. The van der Waals surface area contributed by atoms with Crippen LogP contribution in [0.25, 0.3) is 0 Å². The number of esters is 1. The molecule has 0 amide bonds. The molecule has 1 rings (SSSR count). The van der Waals surface area contributed by atoms with E-state index in [4.69, 9.17) is 10.5 Å². The number of carbonyl (C=O) groups excluding carboxylic acids is 1. The number of hydrogen-bond acceptors (Lipinski definition) is 6. The summed E-state index contributed by atoms with van der Waals surface area (Å²) in [5.74, 6) is -0.346. The zero-order valence-electron chi connectivity index (χ0n) is 10.8. The van der Waals surface area contributed by atoms with Crippen molar-refractivity contribution < 1.29 is 22.7 Å². The number of hydrogen-bond donors (Lipinski definition) is 2. The molecule has 0 aliphatic carbocycles. The number of nitrogens with one attached hydrogen (secondary N) is 1. The van der Waals surface area contributed by atoms with Gasteiger partial charge in [0.15, 0.2) is 5.25 Å². The number of rotatable bonds is 5. The number of ether oxygens (including phenoxy) is 2. The highest BCUT2D eigenvalue weighted by atomic mass is 32.2. The molecule has 1 atom stereocenters. The maximum absolute atomic E-state index is 11.9. The highest BCUT2D eigenvalue weighted by Gasteiger charge is 2.29. The number of carbonyl (C=O) groups is 1. The lowest BCUT2D eigenvalue weighted by molar-refractivity contribution is -0.139. The van der Waals surface area contributed by atoms with Crippen molar-refractivity contribution in [1.29, 1.82) is 0 Å². The fraction of sp³-hybridized carbons (Fsp3) is 0.364. The summed E-state index contributed by atoms with van der Waals surface area (Å²) < 4.78 is 35.4. The van der Waals surface area contributed by atoms with Crippen LogP contribution in [0.4, 0.5) is 11.4 Å². The normalized spacial score (nSPS) is 12.6. The van der Waals surface area contributed by atoms with Crippen LogP contribution in [0, 0.1) is 0 Å². The quantitative estimate of drug-likeness (QED) is 0.606. The minimum absolute atomic E-state index is 0.177. The van der Waals surface area contributed by atoms with Gasteiger partial charge in [-0.3, -0.25) is 9.52 Å². The molecule has 0 aromatic heterocycles. The molecule has 19 heavy (non-hydrogen) atoms. The van der Waals surface area contributed by atoms with Crippen LogP contribution in [0.15, 0.2) is 18.2 Å². The summed E-state index contributed by atoms with van der Waals surface area (Å²) in [6, 6.07) is 4.48. The zero-order chi connectivity index (χ0) is 14.6. The molecule has 1 aromatic carbocycles. The van der Waals surface area contributed by atoms with Gasteiger partial charge in [-0.2, -0.15) is 0 Å². The van der Waals surface area contributed by atoms with Crippen LogP contribution < -0.4 is 15.2 Å². The summed E-state index contributed by atoms with van der Waals surface area (Å²) in [6.07, 6.45) is 0. The Bertz CT molecular complexity index is 570. The van der Waals surface area contributed by atoms with Gasteiger partial charge in [-0.1, -0.05) is 0 Å². The van der Waals surface area contributed by atoms with Gasteiger partial charge in [0.2, 0.25) is 10.0 Å². The Labute approximate surface area is 111 Å². The third kappa shape index (κ3) is 3.50. The third-order valence-corrected chi connectivity index (χ3v) is 4.14. The maximum Gasteiger partial charge on any atom is 0.325 e. The zero-order valence-corrected chi connectivity index (χ0v) is 11.7. The van der Waals surface area contributed by atoms with E-state index >= 15 is 0 Å².